The van der Waals surface area contributed by atoms with Gasteiger partial charge in [0.2, 0.25) is 16.0 Å². The molecule has 10 nitrogen and oxygen atoms in total. The third-order valence-corrected chi connectivity index (χ3v) is 7.81. The van der Waals surface area contributed by atoms with Crippen LogP contribution in [0.1, 0.15) is 31.4 Å². The lowest BCUT2D eigenvalue weighted by molar-refractivity contribution is -0.179. The molecule has 222 valence electrons. The molecule has 41 heavy (non-hydrogen) atoms. The first-order chi connectivity index (χ1) is 19.2. The maximum atomic E-state index is 13.6. The molecular formula is C25H29F5N8O2S. The fourth-order valence-electron chi connectivity index (χ4n) is 5.05. The molecule has 2 fully saturated rings. The molecule has 3 aromatic rings. The van der Waals surface area contributed by atoms with Gasteiger partial charge >= 0.3 is 6.18 Å². The summed E-state index contributed by atoms with van der Waals surface area (Å²) in [4.78, 5) is 12.4. The SMILES string of the molecule is Cc1cc(-c2cn(-c3ccc(NS(C)(=O)=O)cc3N3CCC(C(F)(F)F)CC3)nn2)nc(N2CCC(F)(F)CC2)n1. The molecule has 2 aliphatic rings. The quantitative estimate of drug-likeness (QED) is 0.415. The van der Waals surface area contributed by atoms with Crippen molar-refractivity contribution in [2.24, 2.45) is 5.92 Å². The zero-order valence-electron chi connectivity index (χ0n) is 22.4. The molecule has 16 heteroatoms. The topological polar surface area (TPSA) is 109 Å². The number of hydrogen-bond donors (Lipinski definition) is 1. The van der Waals surface area contributed by atoms with E-state index >= 15 is 0 Å². The van der Waals surface area contributed by atoms with Gasteiger partial charge in [0, 0.05) is 44.7 Å². The van der Waals surface area contributed by atoms with Gasteiger partial charge < -0.3 is 9.80 Å². The number of aryl methyl sites for hydroxylation is 1. The summed E-state index contributed by atoms with van der Waals surface area (Å²) in [5.41, 5.74) is 2.65. The second-order valence-electron chi connectivity index (χ2n) is 10.5. The van der Waals surface area contributed by atoms with Gasteiger partial charge in [0.05, 0.1) is 41.1 Å². The van der Waals surface area contributed by atoms with Crippen LogP contribution in [0.25, 0.3) is 17.1 Å². The molecule has 0 spiro atoms. The Morgan fingerprint density at radius 3 is 2.27 bits per heavy atom. The van der Waals surface area contributed by atoms with E-state index in [9.17, 15) is 30.4 Å². The summed E-state index contributed by atoms with van der Waals surface area (Å²) in [6.07, 6.45) is -2.44. The van der Waals surface area contributed by atoms with Crippen molar-refractivity contribution in [3.05, 3.63) is 36.2 Å². The van der Waals surface area contributed by atoms with E-state index in [0.717, 1.165) is 6.26 Å². The van der Waals surface area contributed by atoms with Gasteiger partial charge in [-0.05, 0) is 44.0 Å². The first-order valence-corrected chi connectivity index (χ1v) is 14.9. The Labute approximate surface area is 233 Å². The predicted molar refractivity (Wildman–Crippen MR) is 143 cm³/mol. The number of nitrogens with zero attached hydrogens (tertiary/aromatic N) is 7. The number of hydrogen-bond acceptors (Lipinski definition) is 8. The second kappa shape index (κ2) is 10.7. The van der Waals surface area contributed by atoms with Crippen molar-refractivity contribution in [3.63, 3.8) is 0 Å². The van der Waals surface area contributed by atoms with Crippen LogP contribution in [0.4, 0.5) is 39.3 Å². The summed E-state index contributed by atoms with van der Waals surface area (Å²) in [6, 6.07) is 6.40. The molecule has 0 amide bonds. The van der Waals surface area contributed by atoms with Crippen molar-refractivity contribution in [2.45, 2.75) is 44.7 Å². The van der Waals surface area contributed by atoms with Crippen LogP contribution >= 0.6 is 0 Å². The first-order valence-electron chi connectivity index (χ1n) is 13.0. The number of alkyl halides is 5. The molecule has 0 atom stereocenters. The third kappa shape index (κ3) is 6.85. The lowest BCUT2D eigenvalue weighted by Crippen LogP contribution is -2.40. The van der Waals surface area contributed by atoms with Crippen LogP contribution in [-0.2, 0) is 10.0 Å². The van der Waals surface area contributed by atoms with Crippen molar-refractivity contribution in [2.75, 3.05) is 47.0 Å². The van der Waals surface area contributed by atoms with Gasteiger partial charge in [-0.15, -0.1) is 5.10 Å². The van der Waals surface area contributed by atoms with E-state index < -0.39 is 28.0 Å². The molecule has 1 N–H and O–H groups in total. The zero-order valence-corrected chi connectivity index (χ0v) is 23.2. The zero-order chi connectivity index (χ0) is 29.6. The van der Waals surface area contributed by atoms with Crippen molar-refractivity contribution < 1.29 is 30.4 Å². The van der Waals surface area contributed by atoms with Crippen molar-refractivity contribution in [1.82, 2.24) is 25.0 Å². The van der Waals surface area contributed by atoms with Crippen LogP contribution in [0.3, 0.4) is 0 Å². The van der Waals surface area contributed by atoms with E-state index in [4.69, 9.17) is 0 Å². The minimum atomic E-state index is -4.28. The van der Waals surface area contributed by atoms with Crippen LogP contribution in [-0.4, -0.2) is 77.9 Å². The summed E-state index contributed by atoms with van der Waals surface area (Å²) in [7, 11) is -3.60. The average Bonchev–Trinajstić information content (AvgIpc) is 3.37. The normalized spacial score (nSPS) is 18.5. The predicted octanol–water partition coefficient (Wildman–Crippen LogP) is 4.42. The van der Waals surface area contributed by atoms with Crippen LogP contribution in [0.15, 0.2) is 30.5 Å². The number of rotatable bonds is 6. The van der Waals surface area contributed by atoms with Gasteiger partial charge in [-0.25, -0.2) is 31.8 Å². The minimum absolute atomic E-state index is 0.0965. The Morgan fingerprint density at radius 2 is 1.63 bits per heavy atom. The fraction of sp³-hybridized carbons (Fsp3) is 0.520. The Bertz CT molecular complexity index is 1510. The van der Waals surface area contributed by atoms with Gasteiger partial charge in [-0.1, -0.05) is 5.21 Å². The first kappa shape index (κ1) is 29.0. The van der Waals surface area contributed by atoms with Gasteiger partial charge in [0.15, 0.2) is 0 Å². The van der Waals surface area contributed by atoms with Gasteiger partial charge in [0.1, 0.15) is 5.69 Å². The molecule has 4 heterocycles. The van der Waals surface area contributed by atoms with Gasteiger partial charge in [-0.2, -0.15) is 13.2 Å². The molecule has 2 aromatic heterocycles. The summed E-state index contributed by atoms with van der Waals surface area (Å²) in [5, 5.41) is 8.45. The van der Waals surface area contributed by atoms with Crippen molar-refractivity contribution >= 4 is 27.3 Å². The van der Waals surface area contributed by atoms with Crippen LogP contribution in [0.5, 0.6) is 0 Å². The van der Waals surface area contributed by atoms with Gasteiger partial charge in [-0.3, -0.25) is 4.72 Å². The third-order valence-electron chi connectivity index (χ3n) is 7.20. The van der Waals surface area contributed by atoms with E-state index in [1.54, 1.807) is 41.1 Å². The van der Waals surface area contributed by atoms with Crippen molar-refractivity contribution in [3.8, 4) is 17.1 Å². The fourth-order valence-corrected chi connectivity index (χ4v) is 5.61. The van der Waals surface area contributed by atoms with E-state index in [-0.39, 0.29) is 57.5 Å². The van der Waals surface area contributed by atoms with E-state index in [1.807, 2.05) is 0 Å². The molecule has 0 radical (unpaired) electrons. The maximum absolute atomic E-state index is 13.6. The Kier molecular flexibility index (Phi) is 7.55. The number of sulfonamides is 1. The van der Waals surface area contributed by atoms with E-state index in [0.29, 0.717) is 34.4 Å². The smallest absolute Gasteiger partial charge is 0.370 e. The Hall–Kier alpha value is -3.56. The molecule has 0 bridgehead atoms. The largest absolute Gasteiger partial charge is 0.391 e. The monoisotopic (exact) mass is 600 g/mol. The average molecular weight is 601 g/mol. The summed E-state index contributed by atoms with van der Waals surface area (Å²) in [5.74, 6) is -3.80. The number of benzene rings is 1. The highest BCUT2D eigenvalue weighted by Gasteiger charge is 2.41. The lowest BCUT2D eigenvalue weighted by Gasteiger charge is -2.35. The Morgan fingerprint density at radius 1 is 0.951 bits per heavy atom. The number of piperidine rings is 2. The van der Waals surface area contributed by atoms with Crippen LogP contribution in [0, 0.1) is 12.8 Å². The maximum Gasteiger partial charge on any atom is 0.391 e. The molecule has 2 aliphatic heterocycles. The van der Waals surface area contributed by atoms with Gasteiger partial charge in [0.25, 0.3) is 5.92 Å². The molecule has 0 unspecified atom stereocenters. The Balaban J connectivity index is 1.45. The highest BCUT2D eigenvalue weighted by molar-refractivity contribution is 7.92. The number of aromatic nitrogens is 5. The molecule has 2 saturated heterocycles. The number of halogens is 5. The summed E-state index contributed by atoms with van der Waals surface area (Å²) in [6.45, 7) is 2.22. The summed E-state index contributed by atoms with van der Waals surface area (Å²) < 4.78 is 94.6. The van der Waals surface area contributed by atoms with Crippen molar-refractivity contribution in [1.29, 1.82) is 0 Å². The lowest BCUT2D eigenvalue weighted by atomic mass is 9.95. The van der Waals surface area contributed by atoms with E-state index in [2.05, 4.69) is 25.0 Å². The van der Waals surface area contributed by atoms with E-state index in [1.165, 1.54) is 10.7 Å². The molecule has 0 aliphatic carbocycles. The molecule has 0 saturated carbocycles. The number of nitrogens with one attached hydrogen (secondary N) is 1. The summed E-state index contributed by atoms with van der Waals surface area (Å²) >= 11 is 0. The highest BCUT2D eigenvalue weighted by atomic mass is 32.2. The van der Waals surface area contributed by atoms with Crippen LogP contribution < -0.4 is 14.5 Å². The molecule has 1 aromatic carbocycles. The minimum Gasteiger partial charge on any atom is -0.370 e. The standard InChI is InChI=1S/C25H29F5N8O2S/c1-16-13-19(32-23(31-16)37-11-7-24(26,27)8-12-37)20-15-38(35-33-20)21-4-3-18(34-41(2,39)40)14-22(21)36-9-5-17(6-10-36)25(28,29)30/h3-4,13-15,17,34H,5-12H2,1-2H3. The second-order valence-corrected chi connectivity index (χ2v) is 12.2. The van der Waals surface area contributed by atoms with Crippen LogP contribution in [0.2, 0.25) is 0 Å². The molecular weight excluding hydrogens is 571 g/mol. The molecule has 5 rings (SSSR count). The number of anilines is 3. The highest BCUT2D eigenvalue weighted by Crippen LogP contribution is 2.38.